The lowest BCUT2D eigenvalue weighted by molar-refractivity contribution is -0.121. The molecule has 100 valence electrons. The van der Waals surface area contributed by atoms with Crippen molar-refractivity contribution in [1.82, 2.24) is 5.32 Å². The summed E-state index contributed by atoms with van der Waals surface area (Å²) >= 11 is 1.42. The summed E-state index contributed by atoms with van der Waals surface area (Å²) in [4.78, 5) is 11.8. The molecule has 1 amide bonds. The lowest BCUT2D eigenvalue weighted by atomic mass is 10.0. The van der Waals surface area contributed by atoms with Crippen molar-refractivity contribution in [3.8, 4) is 0 Å². The maximum Gasteiger partial charge on any atom is 0.233 e. The number of carbonyl (C=O) groups is 1. The van der Waals surface area contributed by atoms with Crippen molar-refractivity contribution in [2.45, 2.75) is 31.6 Å². The Morgan fingerprint density at radius 3 is 2.61 bits per heavy atom. The Balaban J connectivity index is 2.86. The van der Waals surface area contributed by atoms with E-state index in [1.807, 2.05) is 13.2 Å². The van der Waals surface area contributed by atoms with Gasteiger partial charge in [0.05, 0.1) is 11.3 Å². The number of halogens is 2. The molecule has 1 rings (SSSR count). The van der Waals surface area contributed by atoms with Crippen LogP contribution in [0.5, 0.6) is 0 Å². The average molecular weight is 273 g/mol. The van der Waals surface area contributed by atoms with E-state index >= 15 is 0 Å². The van der Waals surface area contributed by atoms with Gasteiger partial charge in [-0.05, 0) is 25.7 Å². The van der Waals surface area contributed by atoms with Gasteiger partial charge in [-0.15, -0.1) is 0 Å². The number of rotatable bonds is 5. The summed E-state index contributed by atoms with van der Waals surface area (Å²) in [7, 11) is 0. The first-order valence-corrected chi connectivity index (χ1v) is 7.06. The number of benzene rings is 1. The zero-order valence-corrected chi connectivity index (χ0v) is 11.5. The molecule has 0 aliphatic carbocycles. The summed E-state index contributed by atoms with van der Waals surface area (Å²) in [6.07, 6.45) is 2.39. The minimum atomic E-state index is -0.626. The van der Waals surface area contributed by atoms with Gasteiger partial charge in [0.1, 0.15) is 11.6 Å². The summed E-state index contributed by atoms with van der Waals surface area (Å²) < 4.78 is 26.5. The maximum atomic E-state index is 13.6. The largest absolute Gasteiger partial charge is 0.348 e. The fourth-order valence-corrected chi connectivity index (χ4v) is 1.86. The Labute approximate surface area is 110 Å². The highest BCUT2D eigenvalue weighted by molar-refractivity contribution is 7.99. The predicted octanol–water partition coefficient (Wildman–Crippen LogP) is 3.28. The average Bonchev–Trinajstić information content (AvgIpc) is 2.35. The molecule has 1 aromatic carbocycles. The molecule has 0 unspecified atom stereocenters. The predicted molar refractivity (Wildman–Crippen MR) is 70.5 cm³/mol. The third-order valence-corrected chi connectivity index (χ3v) is 3.71. The van der Waals surface area contributed by atoms with Crippen LogP contribution in [0.4, 0.5) is 8.78 Å². The van der Waals surface area contributed by atoms with Crippen molar-refractivity contribution >= 4 is 17.7 Å². The van der Waals surface area contributed by atoms with Crippen LogP contribution in [0.25, 0.3) is 0 Å². The molecule has 0 saturated heterocycles. The summed E-state index contributed by atoms with van der Waals surface area (Å²) in [5.41, 5.74) is 0.320. The van der Waals surface area contributed by atoms with Gasteiger partial charge in [-0.25, -0.2) is 8.78 Å². The summed E-state index contributed by atoms with van der Waals surface area (Å²) in [5.74, 6) is -1.38. The van der Waals surface area contributed by atoms with Crippen molar-refractivity contribution < 1.29 is 13.6 Å². The van der Waals surface area contributed by atoms with E-state index in [1.54, 1.807) is 6.92 Å². The van der Waals surface area contributed by atoms with Crippen LogP contribution in [-0.4, -0.2) is 17.4 Å². The van der Waals surface area contributed by atoms with Crippen molar-refractivity contribution in [2.24, 2.45) is 0 Å². The van der Waals surface area contributed by atoms with E-state index in [9.17, 15) is 13.6 Å². The van der Waals surface area contributed by atoms with Crippen LogP contribution in [0.1, 0.15) is 31.9 Å². The molecule has 0 heterocycles. The van der Waals surface area contributed by atoms with Gasteiger partial charge in [0.2, 0.25) is 5.91 Å². The Bertz CT molecular complexity index is 425. The van der Waals surface area contributed by atoms with Gasteiger partial charge in [0.15, 0.2) is 0 Å². The number of thioether (sulfide) groups is 1. The van der Waals surface area contributed by atoms with Gasteiger partial charge < -0.3 is 5.32 Å². The first kappa shape index (κ1) is 15.0. The van der Waals surface area contributed by atoms with Crippen LogP contribution in [0.2, 0.25) is 0 Å². The van der Waals surface area contributed by atoms with Crippen LogP contribution in [0.3, 0.4) is 0 Å². The Morgan fingerprint density at radius 1 is 1.44 bits per heavy atom. The highest BCUT2D eigenvalue weighted by Gasteiger charge is 2.19. The first-order chi connectivity index (χ1) is 8.49. The van der Waals surface area contributed by atoms with E-state index in [2.05, 4.69) is 5.32 Å². The monoisotopic (exact) mass is 273 g/mol. The van der Waals surface area contributed by atoms with Crippen LogP contribution >= 0.6 is 11.8 Å². The number of hydrogen-bond acceptors (Lipinski definition) is 2. The molecule has 0 aliphatic heterocycles. The van der Waals surface area contributed by atoms with E-state index in [0.29, 0.717) is 12.0 Å². The van der Waals surface area contributed by atoms with Crippen LogP contribution < -0.4 is 5.32 Å². The van der Waals surface area contributed by atoms with E-state index in [4.69, 9.17) is 0 Å². The minimum Gasteiger partial charge on any atom is -0.348 e. The second kappa shape index (κ2) is 6.73. The standard InChI is InChI=1S/C13H17F2NOS/c1-4-12(16-13(17)8(2)18-3)10-6-5-9(14)7-11(10)15/h5-8,12H,4H2,1-3H3,(H,16,17)/t8-,12-/m1/s1. The Kier molecular flexibility index (Phi) is 5.59. The number of hydrogen-bond donors (Lipinski definition) is 1. The second-order valence-corrected chi connectivity index (χ2v) is 5.19. The Morgan fingerprint density at radius 2 is 2.11 bits per heavy atom. The molecular formula is C13H17F2NOS. The third kappa shape index (κ3) is 3.70. The molecule has 5 heteroatoms. The molecular weight excluding hydrogens is 256 g/mol. The second-order valence-electron chi connectivity index (χ2n) is 4.01. The lowest BCUT2D eigenvalue weighted by Crippen LogP contribution is -2.34. The van der Waals surface area contributed by atoms with Gasteiger partial charge >= 0.3 is 0 Å². The van der Waals surface area contributed by atoms with Crippen molar-refractivity contribution in [3.63, 3.8) is 0 Å². The number of nitrogens with one attached hydrogen (secondary N) is 1. The molecule has 0 fully saturated rings. The quantitative estimate of drug-likeness (QED) is 0.892. The van der Waals surface area contributed by atoms with E-state index in [-0.39, 0.29) is 11.2 Å². The zero-order valence-electron chi connectivity index (χ0n) is 10.7. The summed E-state index contributed by atoms with van der Waals surface area (Å²) in [6, 6.07) is 2.99. The molecule has 0 spiro atoms. The van der Waals surface area contributed by atoms with E-state index in [1.165, 1.54) is 23.9 Å². The van der Waals surface area contributed by atoms with E-state index < -0.39 is 17.7 Å². The minimum absolute atomic E-state index is 0.141. The van der Waals surface area contributed by atoms with E-state index in [0.717, 1.165) is 6.07 Å². The van der Waals surface area contributed by atoms with Gasteiger partial charge in [-0.1, -0.05) is 13.0 Å². The van der Waals surface area contributed by atoms with Gasteiger partial charge in [-0.2, -0.15) is 11.8 Å². The molecule has 2 atom stereocenters. The molecule has 0 radical (unpaired) electrons. The molecule has 0 aromatic heterocycles. The number of amides is 1. The topological polar surface area (TPSA) is 29.1 Å². The summed E-state index contributed by atoms with van der Waals surface area (Å²) in [6.45, 7) is 3.63. The van der Waals surface area contributed by atoms with Crippen LogP contribution in [0, 0.1) is 11.6 Å². The fourth-order valence-electron chi connectivity index (χ4n) is 1.58. The molecule has 2 nitrogen and oxygen atoms in total. The first-order valence-electron chi connectivity index (χ1n) is 5.77. The van der Waals surface area contributed by atoms with Crippen molar-refractivity contribution in [3.05, 3.63) is 35.4 Å². The molecule has 18 heavy (non-hydrogen) atoms. The molecule has 0 bridgehead atoms. The molecule has 1 aromatic rings. The SMILES string of the molecule is CC[C@@H](NC(=O)[C@@H](C)SC)c1ccc(F)cc1F. The van der Waals surface area contributed by atoms with Gasteiger partial charge in [0, 0.05) is 11.6 Å². The Hall–Kier alpha value is -1.10. The lowest BCUT2D eigenvalue weighted by Gasteiger charge is -2.20. The zero-order chi connectivity index (χ0) is 13.7. The summed E-state index contributed by atoms with van der Waals surface area (Å²) in [5, 5.41) is 2.58. The molecule has 1 N–H and O–H groups in total. The molecule has 0 aliphatic rings. The number of carbonyl (C=O) groups excluding carboxylic acids is 1. The highest BCUT2D eigenvalue weighted by atomic mass is 32.2. The van der Waals surface area contributed by atoms with Crippen LogP contribution in [0.15, 0.2) is 18.2 Å². The highest BCUT2D eigenvalue weighted by Crippen LogP contribution is 2.21. The van der Waals surface area contributed by atoms with Gasteiger partial charge in [-0.3, -0.25) is 4.79 Å². The fraction of sp³-hybridized carbons (Fsp3) is 0.462. The van der Waals surface area contributed by atoms with Crippen molar-refractivity contribution in [1.29, 1.82) is 0 Å². The normalized spacial score (nSPS) is 14.1. The van der Waals surface area contributed by atoms with Crippen LogP contribution in [-0.2, 0) is 4.79 Å². The van der Waals surface area contributed by atoms with Gasteiger partial charge in [0.25, 0.3) is 0 Å². The maximum absolute atomic E-state index is 13.6. The third-order valence-electron chi connectivity index (χ3n) is 2.79. The molecule has 0 saturated carbocycles. The smallest absolute Gasteiger partial charge is 0.233 e. The van der Waals surface area contributed by atoms with Crippen molar-refractivity contribution in [2.75, 3.05) is 6.26 Å².